The van der Waals surface area contributed by atoms with Gasteiger partial charge in [-0.3, -0.25) is 14.6 Å². The Bertz CT molecular complexity index is 1180. The zero-order valence-electron chi connectivity index (χ0n) is 18.0. The molecule has 0 saturated carbocycles. The van der Waals surface area contributed by atoms with Crippen molar-refractivity contribution in [2.24, 2.45) is 0 Å². The summed E-state index contributed by atoms with van der Waals surface area (Å²) >= 11 is 0. The van der Waals surface area contributed by atoms with Gasteiger partial charge in [-0.1, -0.05) is 6.92 Å². The third-order valence-electron chi connectivity index (χ3n) is 5.83. The Morgan fingerprint density at radius 2 is 1.91 bits per heavy atom. The summed E-state index contributed by atoms with van der Waals surface area (Å²) in [6.07, 6.45) is 3.65. The first-order valence-electron chi connectivity index (χ1n) is 10.5. The summed E-state index contributed by atoms with van der Waals surface area (Å²) in [6.45, 7) is 3.74. The molecule has 1 amide bonds. The van der Waals surface area contributed by atoms with E-state index in [1.165, 1.54) is 6.20 Å². The summed E-state index contributed by atoms with van der Waals surface area (Å²) in [5, 5.41) is 24.3. The second kappa shape index (κ2) is 8.65. The summed E-state index contributed by atoms with van der Waals surface area (Å²) in [5.74, 6) is -2.47. The van der Waals surface area contributed by atoms with Crippen LogP contribution in [0.1, 0.15) is 28.5 Å². The number of amides is 1. The van der Waals surface area contributed by atoms with E-state index in [-0.39, 0.29) is 17.0 Å². The molecule has 0 radical (unpaired) electrons. The molecule has 1 saturated heterocycles. The first-order chi connectivity index (χ1) is 15.3. The number of carbonyl (C=O) groups is 1. The van der Waals surface area contributed by atoms with Gasteiger partial charge in [0.1, 0.15) is 5.69 Å². The van der Waals surface area contributed by atoms with Gasteiger partial charge in [0.25, 0.3) is 17.4 Å². The Labute approximate surface area is 184 Å². The summed E-state index contributed by atoms with van der Waals surface area (Å²) in [5.41, 5.74) is 2.87. The Morgan fingerprint density at radius 3 is 2.53 bits per heavy atom. The van der Waals surface area contributed by atoms with Crippen molar-refractivity contribution >= 4 is 22.6 Å². The number of nitrogens with one attached hydrogen (secondary N) is 2. The van der Waals surface area contributed by atoms with Crippen molar-refractivity contribution in [2.45, 2.75) is 19.3 Å². The summed E-state index contributed by atoms with van der Waals surface area (Å²) in [6, 6.07) is 6.76. The summed E-state index contributed by atoms with van der Waals surface area (Å²) < 4.78 is 0. The van der Waals surface area contributed by atoms with Crippen LogP contribution in [0.25, 0.3) is 11.0 Å². The van der Waals surface area contributed by atoms with Gasteiger partial charge in [-0.25, -0.2) is 9.88 Å². The van der Waals surface area contributed by atoms with Crippen LogP contribution in [-0.2, 0) is 12.3 Å². The number of piperazine rings is 1. The lowest BCUT2D eigenvalue weighted by molar-refractivity contribution is -0.276. The number of aromatic amines is 1. The minimum Gasteiger partial charge on any atom is -0.368 e. The monoisotopic (exact) mass is 438 g/mol. The molecule has 3 aromatic rings. The fourth-order valence-corrected chi connectivity index (χ4v) is 3.86. The maximum absolute atomic E-state index is 12.1. The number of aromatic nitrogens is 3. The number of fused-ring (bicyclic) bond motifs is 1. The molecule has 4 rings (SSSR count). The van der Waals surface area contributed by atoms with Gasteiger partial charge in [-0.05, 0) is 30.7 Å². The van der Waals surface area contributed by atoms with Crippen molar-refractivity contribution in [3.05, 3.63) is 63.8 Å². The van der Waals surface area contributed by atoms with E-state index in [4.69, 9.17) is 0 Å². The molecule has 0 spiro atoms. The van der Waals surface area contributed by atoms with E-state index in [9.17, 15) is 19.8 Å². The molecule has 10 nitrogen and oxygen atoms in total. The highest BCUT2D eigenvalue weighted by Gasteiger charge is 2.37. The topological polar surface area (TPSA) is 135 Å². The largest absolute Gasteiger partial charge is 0.368 e. The van der Waals surface area contributed by atoms with Crippen LogP contribution in [0.2, 0.25) is 0 Å². The fourth-order valence-electron chi connectivity index (χ4n) is 3.86. The van der Waals surface area contributed by atoms with E-state index < -0.39 is 5.91 Å². The number of rotatable bonds is 5. The predicted octanol–water partition coefficient (Wildman–Crippen LogP) is 0.157. The molecule has 0 bridgehead atoms. The van der Waals surface area contributed by atoms with Crippen LogP contribution in [0, 0.1) is 0 Å². The van der Waals surface area contributed by atoms with Crippen LogP contribution in [-0.4, -0.2) is 69.2 Å². The van der Waals surface area contributed by atoms with Gasteiger partial charge < -0.3 is 25.4 Å². The molecule has 32 heavy (non-hydrogen) atoms. The lowest BCUT2D eigenvalue weighted by Crippen LogP contribution is -2.55. The van der Waals surface area contributed by atoms with E-state index in [2.05, 4.69) is 25.2 Å². The fraction of sp³-hybridized carbons (Fsp3) is 0.364. The molecule has 4 N–H and O–H groups in total. The molecule has 1 fully saturated rings. The molecular weight excluding hydrogens is 412 g/mol. The molecule has 0 unspecified atom stereocenters. The Hall–Kier alpha value is -3.34. The van der Waals surface area contributed by atoms with Gasteiger partial charge in [-0.2, -0.15) is 0 Å². The van der Waals surface area contributed by atoms with E-state index in [0.29, 0.717) is 54.9 Å². The number of H-pyrrole nitrogens is 1. The number of carbonyl (C=O) groups excluding carboxylic acids is 1. The lowest BCUT2D eigenvalue weighted by Gasteiger charge is -2.42. The van der Waals surface area contributed by atoms with E-state index in [1.54, 1.807) is 36.3 Å². The zero-order valence-corrected chi connectivity index (χ0v) is 18.0. The SMILES string of the molecule is CCc1cc2ncc(C(O)(O)N3CCN(c4ccc(C(=O)NC)nc4)CC3)cc2[nH]c1=O. The quantitative estimate of drug-likeness (QED) is 0.414. The molecule has 1 aliphatic heterocycles. The first kappa shape index (κ1) is 21.9. The molecule has 0 atom stereocenters. The summed E-state index contributed by atoms with van der Waals surface area (Å²) in [4.78, 5) is 38.7. The number of hydrogen-bond donors (Lipinski definition) is 4. The number of anilines is 1. The van der Waals surface area contributed by atoms with Gasteiger partial charge in [0.2, 0.25) is 0 Å². The van der Waals surface area contributed by atoms with Crippen LogP contribution >= 0.6 is 0 Å². The second-order valence-electron chi connectivity index (χ2n) is 7.72. The molecule has 168 valence electrons. The second-order valence-corrected chi connectivity index (χ2v) is 7.72. The number of hydrogen-bond acceptors (Lipinski definition) is 8. The predicted molar refractivity (Wildman–Crippen MR) is 119 cm³/mol. The number of aryl methyl sites for hydroxylation is 1. The van der Waals surface area contributed by atoms with Crippen LogP contribution in [0.15, 0.2) is 41.5 Å². The summed E-state index contributed by atoms with van der Waals surface area (Å²) in [7, 11) is 1.55. The average Bonchev–Trinajstić information content (AvgIpc) is 2.82. The number of nitrogens with zero attached hydrogens (tertiary/aromatic N) is 4. The van der Waals surface area contributed by atoms with Gasteiger partial charge in [0, 0.05) is 50.6 Å². The van der Waals surface area contributed by atoms with Crippen LogP contribution in [0.5, 0.6) is 0 Å². The highest BCUT2D eigenvalue weighted by molar-refractivity contribution is 5.92. The highest BCUT2D eigenvalue weighted by atomic mass is 16.5. The maximum atomic E-state index is 12.1. The van der Waals surface area contributed by atoms with Crippen LogP contribution in [0.3, 0.4) is 0 Å². The minimum absolute atomic E-state index is 0.190. The Kier molecular flexibility index (Phi) is 5.92. The molecule has 0 aromatic carbocycles. The van der Waals surface area contributed by atoms with E-state index >= 15 is 0 Å². The maximum Gasteiger partial charge on any atom is 0.269 e. The van der Waals surface area contributed by atoms with Gasteiger partial charge in [-0.15, -0.1) is 0 Å². The van der Waals surface area contributed by atoms with Crippen molar-refractivity contribution in [2.75, 3.05) is 38.1 Å². The third-order valence-corrected chi connectivity index (χ3v) is 5.83. The first-order valence-corrected chi connectivity index (χ1v) is 10.5. The van der Waals surface area contributed by atoms with Crippen molar-refractivity contribution in [1.29, 1.82) is 0 Å². The lowest BCUT2D eigenvalue weighted by atomic mass is 10.1. The van der Waals surface area contributed by atoms with Crippen molar-refractivity contribution in [3.63, 3.8) is 0 Å². The Morgan fingerprint density at radius 1 is 1.16 bits per heavy atom. The molecule has 3 aromatic heterocycles. The van der Waals surface area contributed by atoms with Gasteiger partial charge in [0.05, 0.1) is 22.9 Å². The van der Waals surface area contributed by atoms with E-state index in [0.717, 1.165) is 5.69 Å². The molecule has 1 aliphatic rings. The zero-order chi connectivity index (χ0) is 22.9. The molecule has 0 aliphatic carbocycles. The van der Waals surface area contributed by atoms with Crippen molar-refractivity contribution < 1.29 is 15.0 Å². The Balaban J connectivity index is 1.48. The number of pyridine rings is 3. The molecular formula is C22H26N6O4. The van der Waals surface area contributed by atoms with Gasteiger partial charge in [0.15, 0.2) is 0 Å². The van der Waals surface area contributed by atoms with Crippen molar-refractivity contribution in [1.82, 2.24) is 25.2 Å². The normalized spacial score (nSPS) is 15.2. The van der Waals surface area contributed by atoms with Crippen LogP contribution in [0.4, 0.5) is 5.69 Å². The van der Waals surface area contributed by atoms with Gasteiger partial charge >= 0.3 is 0 Å². The number of aliphatic hydroxyl groups is 2. The molecule has 10 heteroatoms. The third kappa shape index (κ3) is 4.07. The minimum atomic E-state index is -2.23. The van der Waals surface area contributed by atoms with E-state index in [1.807, 2.05) is 13.0 Å². The average molecular weight is 438 g/mol. The van der Waals surface area contributed by atoms with Crippen molar-refractivity contribution in [3.8, 4) is 0 Å². The smallest absolute Gasteiger partial charge is 0.269 e. The highest BCUT2D eigenvalue weighted by Crippen LogP contribution is 2.27. The van der Waals surface area contributed by atoms with Crippen LogP contribution < -0.4 is 15.8 Å². The standard InChI is InChI=1S/C22H26N6O4/c1-3-14-10-18-19(26-20(14)29)11-15(12-24-18)22(31,32)28-8-6-27(7-9-28)16-4-5-17(25-13-16)21(30)23-2/h4-5,10-13,31-32H,3,6-9H2,1-2H3,(H,23,30)(H,26,29). The molecule has 4 heterocycles.